The van der Waals surface area contributed by atoms with Crippen molar-refractivity contribution in [2.45, 2.75) is 76.9 Å². The lowest BCUT2D eigenvalue weighted by atomic mass is 9.77. The van der Waals surface area contributed by atoms with Gasteiger partial charge in [0, 0.05) is 25.2 Å². The maximum Gasteiger partial charge on any atom is 0.237 e. The van der Waals surface area contributed by atoms with Crippen molar-refractivity contribution in [3.8, 4) is 0 Å². The van der Waals surface area contributed by atoms with E-state index in [4.69, 9.17) is 0 Å². The van der Waals surface area contributed by atoms with E-state index < -0.39 is 0 Å². The van der Waals surface area contributed by atoms with E-state index in [1.165, 1.54) is 32.1 Å². The molecule has 0 aromatic rings. The van der Waals surface area contributed by atoms with Crippen molar-refractivity contribution in [3.63, 3.8) is 0 Å². The highest BCUT2D eigenvalue weighted by Gasteiger charge is 2.34. The number of fused-ring (bicyclic) bond motifs is 1. The maximum absolute atomic E-state index is 12.3. The lowest BCUT2D eigenvalue weighted by Gasteiger charge is -2.40. The number of nitrogens with one attached hydrogen (secondary N) is 2. The van der Waals surface area contributed by atoms with Gasteiger partial charge in [-0.1, -0.05) is 19.8 Å². The van der Waals surface area contributed by atoms with E-state index in [1.807, 2.05) is 0 Å². The number of hydrogen-bond acceptors (Lipinski definition) is 3. The Bertz CT molecular complexity index is 334. The molecule has 2 aliphatic rings. The smallest absolute Gasteiger partial charge is 0.237 e. The first-order chi connectivity index (χ1) is 10.1. The summed E-state index contributed by atoms with van der Waals surface area (Å²) in [7, 11) is 2.13. The third kappa shape index (κ3) is 4.68. The minimum Gasteiger partial charge on any atom is -0.353 e. The Hall–Kier alpha value is -0.610. The number of carbonyl (C=O) groups is 1. The molecule has 1 aliphatic heterocycles. The topological polar surface area (TPSA) is 44.4 Å². The highest BCUT2D eigenvalue weighted by atomic mass is 16.2. The SMILES string of the molecule is CCC(C)N(C)CCNC(=O)C1CCC2CCCCC2N1. The van der Waals surface area contributed by atoms with Gasteiger partial charge in [-0.25, -0.2) is 0 Å². The second kappa shape index (κ2) is 8.14. The molecule has 0 spiro atoms. The van der Waals surface area contributed by atoms with E-state index >= 15 is 0 Å². The maximum atomic E-state index is 12.3. The van der Waals surface area contributed by atoms with Crippen molar-refractivity contribution in [1.82, 2.24) is 15.5 Å². The first kappa shape index (κ1) is 16.8. The van der Waals surface area contributed by atoms with Gasteiger partial charge in [-0.15, -0.1) is 0 Å². The predicted octanol–water partition coefficient (Wildman–Crippen LogP) is 2.14. The quantitative estimate of drug-likeness (QED) is 0.789. The molecule has 0 aromatic carbocycles. The lowest BCUT2D eigenvalue weighted by Crippen LogP contribution is -2.55. The van der Waals surface area contributed by atoms with Gasteiger partial charge in [-0.05, 0) is 52.0 Å². The number of hydrogen-bond donors (Lipinski definition) is 2. The van der Waals surface area contributed by atoms with Gasteiger partial charge < -0.3 is 15.5 Å². The second-order valence-corrected chi connectivity index (χ2v) is 6.98. The molecule has 0 aromatic heterocycles. The molecule has 1 amide bonds. The first-order valence-corrected chi connectivity index (χ1v) is 8.85. The average molecular weight is 295 g/mol. The van der Waals surface area contributed by atoms with Crippen molar-refractivity contribution in [2.75, 3.05) is 20.1 Å². The van der Waals surface area contributed by atoms with E-state index in [0.29, 0.717) is 12.1 Å². The van der Waals surface area contributed by atoms with Gasteiger partial charge in [0.05, 0.1) is 6.04 Å². The summed E-state index contributed by atoms with van der Waals surface area (Å²) < 4.78 is 0. The van der Waals surface area contributed by atoms with Gasteiger partial charge in [0.1, 0.15) is 0 Å². The Morgan fingerprint density at radius 1 is 1.29 bits per heavy atom. The summed E-state index contributed by atoms with van der Waals surface area (Å²) in [5.74, 6) is 1.02. The van der Waals surface area contributed by atoms with E-state index in [-0.39, 0.29) is 11.9 Å². The Morgan fingerprint density at radius 2 is 2.05 bits per heavy atom. The van der Waals surface area contributed by atoms with Gasteiger partial charge in [-0.3, -0.25) is 4.79 Å². The van der Waals surface area contributed by atoms with Crippen LogP contribution < -0.4 is 10.6 Å². The third-order valence-electron chi connectivity index (χ3n) is 5.57. The zero-order valence-electron chi connectivity index (χ0n) is 14.0. The number of rotatable bonds is 6. The van der Waals surface area contributed by atoms with Crippen LogP contribution in [0, 0.1) is 5.92 Å². The van der Waals surface area contributed by atoms with Crippen LogP contribution in [0.3, 0.4) is 0 Å². The highest BCUT2D eigenvalue weighted by molar-refractivity contribution is 5.81. The molecule has 1 heterocycles. The zero-order valence-corrected chi connectivity index (χ0v) is 14.0. The van der Waals surface area contributed by atoms with Crippen LogP contribution in [0.15, 0.2) is 0 Å². The van der Waals surface area contributed by atoms with Crippen molar-refractivity contribution in [3.05, 3.63) is 0 Å². The lowest BCUT2D eigenvalue weighted by molar-refractivity contribution is -0.124. The van der Waals surface area contributed by atoms with Crippen molar-refractivity contribution < 1.29 is 4.79 Å². The van der Waals surface area contributed by atoms with Gasteiger partial charge in [0.25, 0.3) is 0 Å². The molecule has 2 fully saturated rings. The number of likely N-dealkylation sites (N-methyl/N-ethyl adjacent to an activating group) is 1. The van der Waals surface area contributed by atoms with Gasteiger partial charge in [-0.2, -0.15) is 0 Å². The molecule has 2 rings (SSSR count). The molecule has 4 atom stereocenters. The van der Waals surface area contributed by atoms with Gasteiger partial charge in [0.15, 0.2) is 0 Å². The Balaban J connectivity index is 1.69. The van der Waals surface area contributed by atoms with Crippen LogP contribution in [0.2, 0.25) is 0 Å². The largest absolute Gasteiger partial charge is 0.353 e. The molecule has 2 N–H and O–H groups in total. The van der Waals surface area contributed by atoms with Gasteiger partial charge in [0.2, 0.25) is 5.91 Å². The molecule has 122 valence electrons. The van der Waals surface area contributed by atoms with Crippen LogP contribution in [0.5, 0.6) is 0 Å². The number of carbonyl (C=O) groups excluding carboxylic acids is 1. The molecule has 4 unspecified atom stereocenters. The minimum absolute atomic E-state index is 0.0401. The van der Waals surface area contributed by atoms with E-state index in [1.54, 1.807) is 0 Å². The van der Waals surface area contributed by atoms with Crippen LogP contribution in [0.1, 0.15) is 58.8 Å². The van der Waals surface area contributed by atoms with Gasteiger partial charge >= 0.3 is 0 Å². The number of nitrogens with zero attached hydrogens (tertiary/aromatic N) is 1. The molecule has 1 saturated carbocycles. The molecule has 1 saturated heterocycles. The molecule has 21 heavy (non-hydrogen) atoms. The minimum atomic E-state index is 0.0401. The Labute approximate surface area is 130 Å². The van der Waals surface area contributed by atoms with Crippen LogP contribution in [0.25, 0.3) is 0 Å². The predicted molar refractivity (Wildman–Crippen MR) is 87.3 cm³/mol. The van der Waals surface area contributed by atoms with Crippen molar-refractivity contribution in [1.29, 1.82) is 0 Å². The second-order valence-electron chi connectivity index (χ2n) is 6.98. The number of piperidine rings is 1. The van der Waals surface area contributed by atoms with E-state index in [9.17, 15) is 4.79 Å². The molecular weight excluding hydrogens is 262 g/mol. The standard InChI is InChI=1S/C17H33N3O/c1-4-13(2)20(3)12-11-18-17(21)16-10-9-14-7-5-6-8-15(14)19-16/h13-16,19H,4-12H2,1-3H3,(H,18,21). The van der Waals surface area contributed by atoms with Crippen LogP contribution in [0.4, 0.5) is 0 Å². The molecule has 4 heteroatoms. The fourth-order valence-corrected chi connectivity index (χ4v) is 3.71. The summed E-state index contributed by atoms with van der Waals surface area (Å²) in [5, 5.41) is 6.72. The molecule has 0 radical (unpaired) electrons. The Morgan fingerprint density at radius 3 is 2.81 bits per heavy atom. The van der Waals surface area contributed by atoms with Crippen LogP contribution in [-0.2, 0) is 4.79 Å². The molecule has 0 bridgehead atoms. The number of amides is 1. The summed E-state index contributed by atoms with van der Waals surface area (Å²) in [5.41, 5.74) is 0. The van der Waals surface area contributed by atoms with Crippen molar-refractivity contribution in [2.24, 2.45) is 5.92 Å². The normalized spacial score (nSPS) is 30.8. The molecular formula is C17H33N3O. The average Bonchev–Trinajstić information content (AvgIpc) is 2.53. The first-order valence-electron chi connectivity index (χ1n) is 8.85. The van der Waals surface area contributed by atoms with E-state index in [2.05, 4.69) is 36.4 Å². The third-order valence-corrected chi connectivity index (χ3v) is 5.57. The van der Waals surface area contributed by atoms with Crippen LogP contribution in [-0.4, -0.2) is 49.1 Å². The summed E-state index contributed by atoms with van der Waals surface area (Å²) in [6.07, 6.45) is 8.69. The van der Waals surface area contributed by atoms with Crippen molar-refractivity contribution >= 4 is 5.91 Å². The van der Waals surface area contributed by atoms with Crippen LogP contribution >= 0.6 is 0 Å². The summed E-state index contributed by atoms with van der Waals surface area (Å²) >= 11 is 0. The molecule has 4 nitrogen and oxygen atoms in total. The molecule has 1 aliphatic carbocycles. The summed E-state index contributed by atoms with van der Waals surface area (Å²) in [6, 6.07) is 1.21. The fourth-order valence-electron chi connectivity index (χ4n) is 3.71. The summed E-state index contributed by atoms with van der Waals surface area (Å²) in [6.45, 7) is 6.12. The summed E-state index contributed by atoms with van der Waals surface area (Å²) in [4.78, 5) is 14.6. The Kier molecular flexibility index (Phi) is 6.49. The monoisotopic (exact) mass is 295 g/mol. The highest BCUT2D eigenvalue weighted by Crippen LogP contribution is 2.32. The zero-order chi connectivity index (χ0) is 15.2. The van der Waals surface area contributed by atoms with E-state index in [0.717, 1.165) is 31.8 Å². The fraction of sp³-hybridized carbons (Fsp3) is 0.941.